The summed E-state index contributed by atoms with van der Waals surface area (Å²) in [5.41, 5.74) is 1.38. The molecule has 0 saturated carbocycles. The van der Waals surface area contributed by atoms with Crippen molar-refractivity contribution in [1.82, 2.24) is 20.1 Å². The van der Waals surface area contributed by atoms with Gasteiger partial charge in [-0.25, -0.2) is 4.98 Å². The topological polar surface area (TPSA) is 64.1 Å². The highest BCUT2D eigenvalue weighted by Crippen LogP contribution is 2.21. The number of allylic oxidation sites excluding steroid dienone is 1. The molecule has 31 heavy (non-hydrogen) atoms. The average Bonchev–Trinajstić information content (AvgIpc) is 3.06. The lowest BCUT2D eigenvalue weighted by Crippen LogP contribution is -2.47. The fourth-order valence-electron chi connectivity index (χ4n) is 4.82. The molecule has 0 atom stereocenters. The molecule has 1 amide bonds. The summed E-state index contributed by atoms with van der Waals surface area (Å²) in [6.45, 7) is 11.9. The van der Waals surface area contributed by atoms with Crippen LogP contribution in [0.15, 0.2) is 35.0 Å². The highest BCUT2D eigenvalue weighted by atomic mass is 16.1. The molecule has 0 aromatic carbocycles. The smallest absolute Gasteiger partial charge is 0.274 e. The maximum Gasteiger partial charge on any atom is 0.274 e. The molecule has 0 bridgehead atoms. The van der Waals surface area contributed by atoms with Crippen LogP contribution in [-0.2, 0) is 0 Å². The highest BCUT2D eigenvalue weighted by Gasteiger charge is 2.27. The molecule has 0 unspecified atom stereocenters. The number of carbonyl (C=O) groups excluding carboxylic acids is 1. The van der Waals surface area contributed by atoms with Gasteiger partial charge >= 0.3 is 0 Å². The van der Waals surface area contributed by atoms with Crippen LogP contribution in [0.4, 0.5) is 5.82 Å². The van der Waals surface area contributed by atoms with Crippen LogP contribution < -0.4 is 10.2 Å². The van der Waals surface area contributed by atoms with Crippen molar-refractivity contribution in [3.63, 3.8) is 0 Å². The molecule has 2 fully saturated rings. The van der Waals surface area contributed by atoms with Crippen molar-refractivity contribution in [3.05, 3.63) is 35.7 Å². The van der Waals surface area contributed by atoms with E-state index < -0.39 is 0 Å². The molecule has 1 aromatic rings. The number of nitrogens with zero attached hydrogens (tertiary/aromatic N) is 5. The van der Waals surface area contributed by atoms with Crippen LogP contribution >= 0.6 is 0 Å². The minimum absolute atomic E-state index is 0.142. The average molecular weight is 425 g/mol. The minimum atomic E-state index is -0.142. The molecule has 0 spiro atoms. The third-order valence-electron chi connectivity index (χ3n) is 6.73. The Morgan fingerprint density at radius 3 is 2.68 bits per heavy atom. The van der Waals surface area contributed by atoms with Gasteiger partial charge < -0.3 is 15.1 Å². The van der Waals surface area contributed by atoms with E-state index in [9.17, 15) is 4.79 Å². The molecule has 7 heteroatoms. The summed E-state index contributed by atoms with van der Waals surface area (Å²) in [5, 5.41) is 2.98. The number of aliphatic imine (C=N–C) groups is 1. The Morgan fingerprint density at radius 1 is 1.10 bits per heavy atom. The van der Waals surface area contributed by atoms with E-state index in [1.54, 1.807) is 12.3 Å². The molecule has 2 saturated heterocycles. The van der Waals surface area contributed by atoms with Crippen molar-refractivity contribution in [2.24, 2.45) is 4.99 Å². The zero-order valence-electron chi connectivity index (χ0n) is 19.0. The fourth-order valence-corrected chi connectivity index (χ4v) is 4.82. The molecule has 3 aliphatic heterocycles. The maximum absolute atomic E-state index is 12.7. The van der Waals surface area contributed by atoms with Gasteiger partial charge in [-0.15, -0.1) is 0 Å². The molecule has 3 aliphatic rings. The molecule has 4 rings (SSSR count). The first kappa shape index (κ1) is 22.0. The highest BCUT2D eigenvalue weighted by molar-refractivity contribution is 5.94. The SMILES string of the molecule is CC(C)N1CCC(N2CCCN(c3cccc(C(=O)NC4=CC=NCC4)n3)CC2)CC1. The van der Waals surface area contributed by atoms with E-state index in [1.165, 1.54) is 25.9 Å². The molecule has 7 nitrogen and oxygen atoms in total. The Bertz CT molecular complexity index is 812. The summed E-state index contributed by atoms with van der Waals surface area (Å²) in [6.07, 6.45) is 8.05. The number of aromatic nitrogens is 1. The van der Waals surface area contributed by atoms with Crippen LogP contribution in [0.5, 0.6) is 0 Å². The van der Waals surface area contributed by atoms with E-state index in [4.69, 9.17) is 4.98 Å². The van der Waals surface area contributed by atoms with Crippen LogP contribution in [0.3, 0.4) is 0 Å². The first-order valence-electron chi connectivity index (χ1n) is 11.8. The number of piperidine rings is 1. The Hall–Kier alpha value is -2.25. The van der Waals surface area contributed by atoms with E-state index in [0.29, 0.717) is 17.8 Å². The fraction of sp³-hybridized carbons (Fsp3) is 0.625. The summed E-state index contributed by atoms with van der Waals surface area (Å²) in [6, 6.07) is 7.12. The van der Waals surface area contributed by atoms with Gasteiger partial charge in [-0.1, -0.05) is 6.07 Å². The number of carbonyl (C=O) groups is 1. The Labute approximate surface area is 186 Å². The maximum atomic E-state index is 12.7. The minimum Gasteiger partial charge on any atom is -0.355 e. The lowest BCUT2D eigenvalue weighted by molar-refractivity contribution is 0.0960. The van der Waals surface area contributed by atoms with Crippen LogP contribution in [0.25, 0.3) is 0 Å². The van der Waals surface area contributed by atoms with Gasteiger partial charge in [-0.3, -0.25) is 14.7 Å². The van der Waals surface area contributed by atoms with Gasteiger partial charge in [0.25, 0.3) is 5.91 Å². The van der Waals surface area contributed by atoms with Crippen molar-refractivity contribution in [2.45, 2.75) is 51.6 Å². The molecule has 4 heterocycles. The van der Waals surface area contributed by atoms with Gasteiger partial charge in [0.15, 0.2) is 0 Å². The van der Waals surface area contributed by atoms with Crippen LogP contribution in [-0.4, -0.2) is 84.8 Å². The summed E-state index contributed by atoms with van der Waals surface area (Å²) in [7, 11) is 0. The van der Waals surface area contributed by atoms with Crippen molar-refractivity contribution >= 4 is 17.9 Å². The molecule has 168 valence electrons. The first-order chi connectivity index (χ1) is 15.1. The molecule has 0 aliphatic carbocycles. The van der Waals surface area contributed by atoms with Gasteiger partial charge in [-0.2, -0.15) is 0 Å². The second-order valence-electron chi connectivity index (χ2n) is 9.07. The van der Waals surface area contributed by atoms with E-state index in [-0.39, 0.29) is 5.91 Å². The van der Waals surface area contributed by atoms with Crippen LogP contribution in [0.1, 0.15) is 50.0 Å². The number of nitrogens with one attached hydrogen (secondary N) is 1. The number of likely N-dealkylation sites (tertiary alicyclic amines) is 1. The van der Waals surface area contributed by atoms with Crippen LogP contribution in [0, 0.1) is 0 Å². The lowest BCUT2D eigenvalue weighted by atomic mass is 10.0. The number of hydrogen-bond acceptors (Lipinski definition) is 6. The first-order valence-corrected chi connectivity index (χ1v) is 11.8. The third-order valence-corrected chi connectivity index (χ3v) is 6.73. The zero-order valence-corrected chi connectivity index (χ0v) is 19.0. The summed E-state index contributed by atoms with van der Waals surface area (Å²) < 4.78 is 0. The van der Waals surface area contributed by atoms with Gasteiger partial charge in [0.05, 0.1) is 0 Å². The van der Waals surface area contributed by atoms with E-state index in [0.717, 1.165) is 57.1 Å². The predicted molar refractivity (Wildman–Crippen MR) is 126 cm³/mol. The third kappa shape index (κ3) is 5.71. The number of rotatable bonds is 5. The number of dihydropyridines is 1. The molecule has 1 N–H and O–H groups in total. The van der Waals surface area contributed by atoms with Crippen molar-refractivity contribution in [1.29, 1.82) is 0 Å². The van der Waals surface area contributed by atoms with Gasteiger partial charge in [-0.05, 0) is 64.4 Å². The number of anilines is 1. The zero-order chi connectivity index (χ0) is 21.6. The van der Waals surface area contributed by atoms with Gasteiger partial charge in [0.2, 0.25) is 0 Å². The summed E-state index contributed by atoms with van der Waals surface area (Å²) in [5.74, 6) is 0.764. The second-order valence-corrected chi connectivity index (χ2v) is 9.07. The Kier molecular flexibility index (Phi) is 7.35. The van der Waals surface area contributed by atoms with Gasteiger partial charge in [0.1, 0.15) is 11.5 Å². The van der Waals surface area contributed by atoms with E-state index in [1.807, 2.05) is 18.2 Å². The normalized spacial score (nSPS) is 21.8. The lowest BCUT2D eigenvalue weighted by Gasteiger charge is -2.39. The number of pyridine rings is 1. The standard InChI is InChI=1S/C24H36N6O/c1-19(2)28-15-9-21(10-16-28)29-13-4-14-30(18-17-29)23-6-3-5-22(27-23)24(31)26-20-7-11-25-12-8-20/h3,5-7,11,19,21H,4,8-10,12-18H2,1-2H3,(H,26,31). The molecule has 1 aromatic heterocycles. The van der Waals surface area contributed by atoms with E-state index >= 15 is 0 Å². The molecular weight excluding hydrogens is 388 g/mol. The van der Waals surface area contributed by atoms with Crippen molar-refractivity contribution in [3.8, 4) is 0 Å². The number of amides is 1. The van der Waals surface area contributed by atoms with Gasteiger partial charge in [0, 0.05) is 63.1 Å². The summed E-state index contributed by atoms with van der Waals surface area (Å²) >= 11 is 0. The monoisotopic (exact) mass is 424 g/mol. The summed E-state index contributed by atoms with van der Waals surface area (Å²) in [4.78, 5) is 29.1. The predicted octanol–water partition coefficient (Wildman–Crippen LogP) is 2.55. The Balaban J connectivity index is 1.34. The van der Waals surface area contributed by atoms with Crippen molar-refractivity contribution < 1.29 is 4.79 Å². The largest absolute Gasteiger partial charge is 0.355 e. The second kappa shape index (κ2) is 10.4. The number of hydrogen-bond donors (Lipinski definition) is 1. The molecule has 0 radical (unpaired) electrons. The Morgan fingerprint density at radius 2 is 1.94 bits per heavy atom. The van der Waals surface area contributed by atoms with E-state index in [2.05, 4.69) is 38.9 Å². The quantitative estimate of drug-likeness (QED) is 0.787. The molecular formula is C24H36N6O. The van der Waals surface area contributed by atoms with Crippen LogP contribution in [0.2, 0.25) is 0 Å². The van der Waals surface area contributed by atoms with Crippen molar-refractivity contribution in [2.75, 3.05) is 50.7 Å².